The molecular weight excluding hydrogens is 279 g/mol. The van der Waals surface area contributed by atoms with E-state index in [1.165, 1.54) is 6.07 Å². The molecule has 6 nitrogen and oxygen atoms in total. The molecule has 0 aliphatic heterocycles. The van der Waals surface area contributed by atoms with Gasteiger partial charge in [-0.15, -0.1) is 0 Å². The molecule has 21 heavy (non-hydrogen) atoms. The summed E-state index contributed by atoms with van der Waals surface area (Å²) in [6.07, 6.45) is 2.05. The number of carboxylic acids is 1. The van der Waals surface area contributed by atoms with Crippen molar-refractivity contribution in [3.63, 3.8) is 0 Å². The Bertz CT molecular complexity index is 722. The van der Waals surface area contributed by atoms with Gasteiger partial charge in [0.05, 0.1) is 5.56 Å². The summed E-state index contributed by atoms with van der Waals surface area (Å²) < 4.78 is 18.6. The van der Waals surface area contributed by atoms with Gasteiger partial charge in [0.2, 0.25) is 0 Å². The zero-order valence-corrected chi connectivity index (χ0v) is 10.8. The number of aromatic carboxylic acids is 1. The van der Waals surface area contributed by atoms with Gasteiger partial charge in [0.25, 0.3) is 5.91 Å². The minimum atomic E-state index is -1.36. The molecule has 3 rings (SSSR count). The molecule has 1 amide bonds. The van der Waals surface area contributed by atoms with Crippen LogP contribution in [0.5, 0.6) is 0 Å². The van der Waals surface area contributed by atoms with Gasteiger partial charge >= 0.3 is 5.97 Å². The van der Waals surface area contributed by atoms with Crippen LogP contribution in [0.1, 0.15) is 45.4 Å². The van der Waals surface area contributed by atoms with E-state index in [0.29, 0.717) is 11.7 Å². The van der Waals surface area contributed by atoms with Crippen LogP contribution < -0.4 is 5.32 Å². The van der Waals surface area contributed by atoms with Crippen LogP contribution in [0.15, 0.2) is 28.8 Å². The van der Waals surface area contributed by atoms with E-state index in [-0.39, 0.29) is 11.4 Å². The summed E-state index contributed by atoms with van der Waals surface area (Å²) in [5.74, 6) is -1.80. The SMILES string of the molecule is O=C(Nc1ccc(C(=O)O)c(F)c1)c1cc(C2CC2)on1. The number of amides is 1. The highest BCUT2D eigenvalue weighted by Crippen LogP contribution is 2.40. The Balaban J connectivity index is 1.74. The lowest BCUT2D eigenvalue weighted by atomic mass is 10.2. The quantitative estimate of drug-likeness (QED) is 0.903. The smallest absolute Gasteiger partial charge is 0.338 e. The Kier molecular flexibility index (Phi) is 3.17. The molecule has 1 fully saturated rings. The van der Waals surface area contributed by atoms with Crippen molar-refractivity contribution in [2.24, 2.45) is 0 Å². The van der Waals surface area contributed by atoms with Crippen LogP contribution in [-0.4, -0.2) is 22.1 Å². The standard InChI is InChI=1S/C14H11FN2O4/c15-10-5-8(3-4-9(10)14(19)20)16-13(18)11-6-12(21-17-11)7-1-2-7/h3-7H,1-2H2,(H,16,18)(H,19,20). The predicted octanol–water partition coefficient (Wildman–Crippen LogP) is 2.64. The first-order chi connectivity index (χ1) is 10.0. The van der Waals surface area contributed by atoms with E-state index >= 15 is 0 Å². The average Bonchev–Trinajstić information content (AvgIpc) is 3.16. The molecule has 1 aliphatic rings. The Hall–Kier alpha value is -2.70. The van der Waals surface area contributed by atoms with E-state index in [2.05, 4.69) is 10.5 Å². The summed E-state index contributed by atoms with van der Waals surface area (Å²) in [6, 6.07) is 4.91. The molecule has 1 saturated carbocycles. The van der Waals surface area contributed by atoms with E-state index in [0.717, 1.165) is 25.0 Å². The number of carbonyl (C=O) groups excluding carboxylic acids is 1. The number of carboxylic acid groups (broad SMARTS) is 1. The lowest BCUT2D eigenvalue weighted by molar-refractivity contribution is 0.0692. The molecule has 2 N–H and O–H groups in total. The van der Waals surface area contributed by atoms with Crippen LogP contribution in [0.4, 0.5) is 10.1 Å². The maximum atomic E-state index is 13.5. The highest BCUT2D eigenvalue weighted by atomic mass is 19.1. The first kappa shape index (κ1) is 13.3. The molecule has 0 radical (unpaired) electrons. The number of rotatable bonds is 4. The first-order valence-electron chi connectivity index (χ1n) is 6.35. The van der Waals surface area contributed by atoms with Gasteiger partial charge in [-0.2, -0.15) is 0 Å². The number of aromatic nitrogens is 1. The molecule has 0 atom stereocenters. The largest absolute Gasteiger partial charge is 0.478 e. The summed E-state index contributed by atoms with van der Waals surface area (Å²) in [7, 11) is 0. The third-order valence-corrected chi connectivity index (χ3v) is 3.20. The molecule has 7 heteroatoms. The van der Waals surface area contributed by atoms with Crippen molar-refractivity contribution in [3.05, 3.63) is 47.1 Å². The highest BCUT2D eigenvalue weighted by molar-refractivity contribution is 6.03. The number of anilines is 1. The van der Waals surface area contributed by atoms with Gasteiger partial charge in [-0.05, 0) is 31.0 Å². The van der Waals surface area contributed by atoms with Crippen molar-refractivity contribution in [3.8, 4) is 0 Å². The number of hydrogen-bond donors (Lipinski definition) is 2. The maximum absolute atomic E-state index is 13.5. The van der Waals surface area contributed by atoms with Crippen molar-refractivity contribution in [1.29, 1.82) is 0 Å². The van der Waals surface area contributed by atoms with Crippen LogP contribution in [0.2, 0.25) is 0 Å². The molecule has 1 aromatic carbocycles. The second kappa shape index (κ2) is 5.01. The molecule has 1 aromatic heterocycles. The second-order valence-corrected chi connectivity index (χ2v) is 4.84. The fraction of sp³-hybridized carbons (Fsp3) is 0.214. The molecule has 1 heterocycles. The van der Waals surface area contributed by atoms with Gasteiger partial charge in [0.1, 0.15) is 11.6 Å². The Morgan fingerprint density at radius 2 is 2.10 bits per heavy atom. The van der Waals surface area contributed by atoms with Crippen molar-refractivity contribution in [1.82, 2.24) is 5.16 Å². The van der Waals surface area contributed by atoms with Crippen molar-refractivity contribution >= 4 is 17.6 Å². The van der Waals surface area contributed by atoms with Crippen LogP contribution in [-0.2, 0) is 0 Å². The zero-order valence-electron chi connectivity index (χ0n) is 10.8. The third-order valence-electron chi connectivity index (χ3n) is 3.20. The zero-order chi connectivity index (χ0) is 15.0. The maximum Gasteiger partial charge on any atom is 0.338 e. The first-order valence-corrected chi connectivity index (χ1v) is 6.35. The van der Waals surface area contributed by atoms with E-state index in [1.54, 1.807) is 6.07 Å². The van der Waals surface area contributed by atoms with Gasteiger partial charge in [-0.3, -0.25) is 4.79 Å². The lowest BCUT2D eigenvalue weighted by Gasteiger charge is -2.04. The van der Waals surface area contributed by atoms with E-state index in [9.17, 15) is 14.0 Å². The van der Waals surface area contributed by atoms with E-state index < -0.39 is 23.3 Å². The predicted molar refractivity (Wildman–Crippen MR) is 69.8 cm³/mol. The number of nitrogens with one attached hydrogen (secondary N) is 1. The van der Waals surface area contributed by atoms with E-state index in [4.69, 9.17) is 9.63 Å². The molecule has 1 aliphatic carbocycles. The minimum Gasteiger partial charge on any atom is -0.478 e. The average molecular weight is 290 g/mol. The minimum absolute atomic E-state index is 0.111. The number of hydrogen-bond acceptors (Lipinski definition) is 4. The molecule has 0 spiro atoms. The molecule has 0 saturated heterocycles. The second-order valence-electron chi connectivity index (χ2n) is 4.84. The summed E-state index contributed by atoms with van der Waals surface area (Å²) in [4.78, 5) is 22.6. The normalized spacial score (nSPS) is 14.0. The van der Waals surface area contributed by atoms with Crippen LogP contribution in [0.3, 0.4) is 0 Å². The van der Waals surface area contributed by atoms with Gasteiger partial charge in [0, 0.05) is 17.7 Å². The van der Waals surface area contributed by atoms with Crippen LogP contribution >= 0.6 is 0 Å². The fourth-order valence-corrected chi connectivity index (χ4v) is 1.92. The monoisotopic (exact) mass is 290 g/mol. The van der Waals surface area contributed by atoms with Crippen molar-refractivity contribution in [2.75, 3.05) is 5.32 Å². The molecular formula is C14H11FN2O4. The third kappa shape index (κ3) is 2.76. The highest BCUT2D eigenvalue weighted by Gasteiger charge is 2.28. The molecule has 0 unspecified atom stereocenters. The van der Waals surface area contributed by atoms with Gasteiger partial charge < -0.3 is 14.9 Å². The topological polar surface area (TPSA) is 92.4 Å². The van der Waals surface area contributed by atoms with E-state index in [1.807, 2.05) is 0 Å². The number of nitrogens with zero attached hydrogens (tertiary/aromatic N) is 1. The number of carbonyl (C=O) groups is 2. The Morgan fingerprint density at radius 1 is 1.33 bits per heavy atom. The fourth-order valence-electron chi connectivity index (χ4n) is 1.92. The summed E-state index contributed by atoms with van der Waals surface area (Å²) in [6.45, 7) is 0. The van der Waals surface area contributed by atoms with Crippen molar-refractivity contribution in [2.45, 2.75) is 18.8 Å². The number of benzene rings is 1. The summed E-state index contributed by atoms with van der Waals surface area (Å²) in [5, 5.41) is 14.8. The summed E-state index contributed by atoms with van der Waals surface area (Å²) in [5.41, 5.74) is -0.191. The van der Waals surface area contributed by atoms with Crippen LogP contribution in [0, 0.1) is 5.82 Å². The Labute approximate surface area is 118 Å². The summed E-state index contributed by atoms with van der Waals surface area (Å²) >= 11 is 0. The molecule has 2 aromatic rings. The van der Waals surface area contributed by atoms with Crippen molar-refractivity contribution < 1.29 is 23.6 Å². The Morgan fingerprint density at radius 3 is 2.71 bits per heavy atom. The van der Waals surface area contributed by atoms with Gasteiger partial charge in [0.15, 0.2) is 5.69 Å². The van der Waals surface area contributed by atoms with Crippen LogP contribution in [0.25, 0.3) is 0 Å². The number of halogens is 1. The molecule has 108 valence electrons. The lowest BCUT2D eigenvalue weighted by Crippen LogP contribution is -2.13. The molecule has 0 bridgehead atoms. The van der Waals surface area contributed by atoms with Gasteiger partial charge in [-0.25, -0.2) is 9.18 Å². The van der Waals surface area contributed by atoms with Gasteiger partial charge in [-0.1, -0.05) is 5.16 Å².